The molecule has 156 valence electrons. The average molecular weight is 394 g/mol. The van der Waals surface area contributed by atoms with Crippen molar-refractivity contribution in [2.45, 2.75) is 61.6 Å². The van der Waals surface area contributed by atoms with Crippen LogP contribution < -0.4 is 4.90 Å². The quantitative estimate of drug-likeness (QED) is 0.688. The van der Waals surface area contributed by atoms with Crippen LogP contribution >= 0.6 is 0 Å². The van der Waals surface area contributed by atoms with E-state index in [1.165, 1.54) is 39.1 Å². The highest BCUT2D eigenvalue weighted by molar-refractivity contribution is 6.36. The second-order valence-electron chi connectivity index (χ2n) is 8.83. The summed E-state index contributed by atoms with van der Waals surface area (Å²) in [4.78, 5) is 17.8. The average Bonchev–Trinajstić information content (AvgIpc) is 3.06. The van der Waals surface area contributed by atoms with Crippen molar-refractivity contribution in [3.63, 3.8) is 0 Å². The van der Waals surface area contributed by atoms with Gasteiger partial charge in [-0.3, -0.25) is 14.6 Å². The molecule has 1 aromatic carbocycles. The van der Waals surface area contributed by atoms with Crippen LogP contribution in [-0.2, 0) is 11.8 Å². The summed E-state index contributed by atoms with van der Waals surface area (Å²) in [6.07, 6.45) is 2.09. The number of carbonyl (C=O) groups is 1. The first-order valence-corrected chi connectivity index (χ1v) is 10.4. The monoisotopic (exact) mass is 393 g/mol. The molecule has 1 unspecified atom stereocenters. The summed E-state index contributed by atoms with van der Waals surface area (Å²) in [5, 5.41) is 0. The number of nitrogens with zero attached hydrogens (tertiary/aromatic N) is 3. The van der Waals surface area contributed by atoms with Gasteiger partial charge in [0.15, 0.2) is 0 Å². The van der Waals surface area contributed by atoms with E-state index < -0.39 is 0 Å². The van der Waals surface area contributed by atoms with Gasteiger partial charge in [-0.2, -0.15) is 0 Å². The van der Waals surface area contributed by atoms with Gasteiger partial charge in [0.1, 0.15) is 0 Å². The molecule has 3 rings (SSSR count). The second kappa shape index (κ2) is 7.17. The lowest BCUT2D eigenvalue weighted by molar-refractivity contribution is -0.113. The van der Waals surface area contributed by atoms with E-state index in [9.17, 15) is 4.79 Å². The van der Waals surface area contributed by atoms with Crippen LogP contribution in [0.1, 0.15) is 57.3 Å². The molecule has 0 radical (unpaired) electrons. The SMILES string of the molecule is Cc1c(C)c(C)c2c(c1C)/C(=C/c1c(C)c(C)c(C)n1C)C(=O)N2C(C)N(C)C. The Morgan fingerprint density at radius 3 is 1.86 bits per heavy atom. The van der Waals surface area contributed by atoms with Crippen molar-refractivity contribution in [3.05, 3.63) is 50.3 Å². The highest BCUT2D eigenvalue weighted by atomic mass is 16.2. The Kier molecular flexibility index (Phi) is 5.29. The van der Waals surface area contributed by atoms with Gasteiger partial charge in [-0.15, -0.1) is 0 Å². The molecule has 1 aliphatic heterocycles. The number of aromatic nitrogens is 1. The highest BCUT2D eigenvalue weighted by Gasteiger charge is 2.39. The van der Waals surface area contributed by atoms with Crippen molar-refractivity contribution in [2.75, 3.05) is 19.0 Å². The lowest BCUT2D eigenvalue weighted by atomic mass is 9.90. The predicted molar refractivity (Wildman–Crippen MR) is 124 cm³/mol. The molecule has 0 aliphatic carbocycles. The zero-order valence-electron chi connectivity index (χ0n) is 19.9. The van der Waals surface area contributed by atoms with Gasteiger partial charge < -0.3 is 4.57 Å². The molecule has 2 aromatic rings. The van der Waals surface area contributed by atoms with E-state index in [1.54, 1.807) is 0 Å². The number of carbonyl (C=O) groups excluding carboxylic acids is 1. The first kappa shape index (κ1) is 21.4. The smallest absolute Gasteiger partial charge is 0.260 e. The molecule has 1 aliphatic rings. The van der Waals surface area contributed by atoms with Crippen LogP contribution in [-0.4, -0.2) is 35.6 Å². The zero-order valence-corrected chi connectivity index (χ0v) is 19.9. The van der Waals surface area contributed by atoms with Crippen LogP contribution in [0.5, 0.6) is 0 Å². The fourth-order valence-electron chi connectivity index (χ4n) is 4.47. The molecule has 0 bridgehead atoms. The fraction of sp³-hybridized carbons (Fsp3) is 0.480. The minimum atomic E-state index is -0.0228. The topological polar surface area (TPSA) is 28.5 Å². The van der Waals surface area contributed by atoms with E-state index in [-0.39, 0.29) is 12.1 Å². The molecule has 0 saturated heterocycles. The van der Waals surface area contributed by atoms with Crippen molar-refractivity contribution in [3.8, 4) is 0 Å². The van der Waals surface area contributed by atoms with E-state index in [0.29, 0.717) is 0 Å². The van der Waals surface area contributed by atoms with Gasteiger partial charge in [0.05, 0.1) is 17.4 Å². The van der Waals surface area contributed by atoms with E-state index in [1.807, 2.05) is 19.0 Å². The second-order valence-corrected chi connectivity index (χ2v) is 8.83. The largest absolute Gasteiger partial charge is 0.348 e. The zero-order chi connectivity index (χ0) is 21.9. The molecule has 1 atom stereocenters. The van der Waals surface area contributed by atoms with E-state index in [0.717, 1.165) is 22.5 Å². The van der Waals surface area contributed by atoms with Crippen LogP contribution in [0, 0.1) is 48.5 Å². The summed E-state index contributed by atoms with van der Waals surface area (Å²) in [6, 6.07) is 0. The number of hydrogen-bond acceptors (Lipinski definition) is 2. The Balaban J connectivity index is 2.38. The lowest BCUT2D eigenvalue weighted by Crippen LogP contribution is -2.44. The summed E-state index contributed by atoms with van der Waals surface area (Å²) < 4.78 is 2.20. The van der Waals surface area contributed by atoms with Gasteiger partial charge >= 0.3 is 0 Å². The molecule has 4 heteroatoms. The van der Waals surface area contributed by atoms with Gasteiger partial charge in [0.25, 0.3) is 5.91 Å². The molecule has 0 fully saturated rings. The summed E-state index contributed by atoms with van der Waals surface area (Å²) in [5.41, 5.74) is 12.8. The lowest BCUT2D eigenvalue weighted by Gasteiger charge is -2.32. The van der Waals surface area contributed by atoms with Crippen LogP contribution in [0.2, 0.25) is 0 Å². The molecule has 4 nitrogen and oxygen atoms in total. The van der Waals surface area contributed by atoms with Crippen molar-refractivity contribution < 1.29 is 4.79 Å². The molecule has 1 amide bonds. The number of hydrogen-bond donors (Lipinski definition) is 0. The first-order chi connectivity index (χ1) is 13.4. The molecule has 0 spiro atoms. The van der Waals surface area contributed by atoms with Crippen molar-refractivity contribution in [1.82, 2.24) is 9.47 Å². The summed E-state index contributed by atoms with van der Waals surface area (Å²) >= 11 is 0. The first-order valence-electron chi connectivity index (χ1n) is 10.4. The van der Waals surface area contributed by atoms with Gasteiger partial charge in [-0.1, -0.05) is 0 Å². The maximum Gasteiger partial charge on any atom is 0.260 e. The number of fused-ring (bicyclic) bond motifs is 1. The summed E-state index contributed by atoms with van der Waals surface area (Å²) in [7, 11) is 6.13. The standard InChI is InChI=1S/C25H35N3O/c1-13-14(2)18(6)24-23(17(13)5)21(25(29)28(24)20(8)26(9)10)12-22-16(4)15(3)19(7)27(22)11/h12,20H,1-11H3/b21-12-. The fourth-order valence-corrected chi connectivity index (χ4v) is 4.47. The molecule has 2 heterocycles. The molecule has 0 N–H and O–H groups in total. The Morgan fingerprint density at radius 1 is 0.828 bits per heavy atom. The highest BCUT2D eigenvalue weighted by Crippen LogP contribution is 2.46. The third kappa shape index (κ3) is 2.96. The predicted octanol–water partition coefficient (Wildman–Crippen LogP) is 4.98. The number of benzene rings is 1. The third-order valence-electron chi connectivity index (χ3n) is 7.37. The third-order valence-corrected chi connectivity index (χ3v) is 7.37. The normalized spacial score (nSPS) is 16.3. The Morgan fingerprint density at radius 2 is 1.38 bits per heavy atom. The maximum atomic E-state index is 13.8. The Bertz CT molecular complexity index is 1030. The molecular weight excluding hydrogens is 358 g/mol. The van der Waals surface area contributed by atoms with Crippen LogP contribution in [0.3, 0.4) is 0 Å². The van der Waals surface area contributed by atoms with Crippen LogP contribution in [0.4, 0.5) is 5.69 Å². The number of amides is 1. The summed E-state index contributed by atoms with van der Waals surface area (Å²) in [6.45, 7) is 17.2. The Hall–Kier alpha value is -2.33. The van der Waals surface area contributed by atoms with Crippen molar-refractivity contribution in [1.29, 1.82) is 0 Å². The van der Waals surface area contributed by atoms with Gasteiger partial charge in [0, 0.05) is 24.0 Å². The van der Waals surface area contributed by atoms with Gasteiger partial charge in [0.2, 0.25) is 0 Å². The number of rotatable bonds is 3. The van der Waals surface area contributed by atoms with Crippen LogP contribution in [0.15, 0.2) is 0 Å². The van der Waals surface area contributed by atoms with E-state index >= 15 is 0 Å². The van der Waals surface area contributed by atoms with Gasteiger partial charge in [-0.25, -0.2) is 0 Å². The molecular formula is C25H35N3O. The maximum absolute atomic E-state index is 13.8. The molecule has 0 saturated carbocycles. The number of anilines is 1. The van der Waals surface area contributed by atoms with E-state index in [4.69, 9.17) is 0 Å². The van der Waals surface area contributed by atoms with Crippen molar-refractivity contribution in [2.24, 2.45) is 7.05 Å². The summed E-state index contributed by atoms with van der Waals surface area (Å²) in [5.74, 6) is 0.0910. The van der Waals surface area contributed by atoms with E-state index in [2.05, 4.69) is 78.0 Å². The Labute approximate surface area is 175 Å². The molecule has 29 heavy (non-hydrogen) atoms. The minimum absolute atomic E-state index is 0.0228. The van der Waals surface area contributed by atoms with Crippen LogP contribution in [0.25, 0.3) is 11.6 Å². The van der Waals surface area contributed by atoms with Crippen molar-refractivity contribution >= 4 is 23.2 Å². The minimum Gasteiger partial charge on any atom is -0.348 e. The van der Waals surface area contributed by atoms with Gasteiger partial charge in [-0.05, 0) is 109 Å². The molecule has 1 aromatic heterocycles.